The lowest BCUT2D eigenvalue weighted by Gasteiger charge is -2.28. The van der Waals surface area contributed by atoms with E-state index in [1.807, 2.05) is 37.9 Å². The van der Waals surface area contributed by atoms with Crippen LogP contribution in [-0.2, 0) is 14.9 Å². The number of hydrogen-bond donors (Lipinski definition) is 0. The maximum absolute atomic E-state index is 12.1. The maximum atomic E-state index is 12.1. The van der Waals surface area contributed by atoms with Gasteiger partial charge < -0.3 is 4.74 Å². The molecule has 2 atom stereocenters. The molecule has 1 saturated heterocycles. The van der Waals surface area contributed by atoms with Crippen LogP contribution in [-0.4, -0.2) is 34.3 Å². The van der Waals surface area contributed by atoms with Crippen LogP contribution in [0.2, 0.25) is 0 Å². The smallest absolute Gasteiger partial charge is 0.317 e. The second-order valence-electron chi connectivity index (χ2n) is 5.53. The van der Waals surface area contributed by atoms with Crippen molar-refractivity contribution in [1.29, 1.82) is 0 Å². The Morgan fingerprint density at radius 3 is 2.76 bits per heavy atom. The summed E-state index contributed by atoms with van der Waals surface area (Å²) in [4.78, 5) is 16.9. The predicted molar refractivity (Wildman–Crippen MR) is 93.5 cm³/mol. The number of carbonyl (C=O) groups is 1. The van der Waals surface area contributed by atoms with Crippen molar-refractivity contribution in [2.24, 2.45) is 0 Å². The third kappa shape index (κ3) is 3.77. The standard InChI is InChI=1S/C15H23NO2S3/c1-5-10-12(20-8-7-19-10)13-16-11(9-21-13)15(3,4)14(17)18-6-2/h9-10,12H,5-8H2,1-4H3. The third-order valence-electron chi connectivity index (χ3n) is 3.64. The van der Waals surface area contributed by atoms with Gasteiger partial charge in [-0.05, 0) is 27.2 Å². The van der Waals surface area contributed by atoms with E-state index in [1.165, 1.54) is 17.9 Å². The average Bonchev–Trinajstić information content (AvgIpc) is 2.97. The van der Waals surface area contributed by atoms with Crippen LogP contribution in [0.1, 0.15) is 50.1 Å². The Balaban J connectivity index is 2.18. The lowest BCUT2D eigenvalue weighted by Crippen LogP contribution is -2.31. The molecule has 0 amide bonds. The number of thioether (sulfide) groups is 2. The van der Waals surface area contributed by atoms with Crippen molar-refractivity contribution in [3.05, 3.63) is 16.1 Å². The van der Waals surface area contributed by atoms with Crippen molar-refractivity contribution in [3.63, 3.8) is 0 Å². The normalized spacial score (nSPS) is 23.0. The molecule has 1 aromatic rings. The highest BCUT2D eigenvalue weighted by Gasteiger charge is 2.36. The van der Waals surface area contributed by atoms with Crippen molar-refractivity contribution in [1.82, 2.24) is 4.98 Å². The topological polar surface area (TPSA) is 39.2 Å². The molecule has 3 nitrogen and oxygen atoms in total. The number of ether oxygens (including phenoxy) is 1. The first-order valence-corrected chi connectivity index (χ1v) is 10.3. The molecule has 0 aliphatic carbocycles. The van der Waals surface area contributed by atoms with E-state index >= 15 is 0 Å². The van der Waals surface area contributed by atoms with Gasteiger partial charge >= 0.3 is 5.97 Å². The van der Waals surface area contributed by atoms with Crippen LogP contribution in [0.5, 0.6) is 0 Å². The summed E-state index contributed by atoms with van der Waals surface area (Å²) in [6.07, 6.45) is 1.17. The zero-order valence-electron chi connectivity index (χ0n) is 13.0. The summed E-state index contributed by atoms with van der Waals surface area (Å²) in [7, 11) is 0. The molecule has 6 heteroatoms. The molecular weight excluding hydrogens is 322 g/mol. The lowest BCUT2D eigenvalue weighted by atomic mass is 9.90. The zero-order chi connectivity index (χ0) is 15.5. The first-order chi connectivity index (χ1) is 10.0. The van der Waals surface area contributed by atoms with Gasteiger partial charge in [-0.25, -0.2) is 4.98 Å². The fourth-order valence-corrected chi connectivity index (χ4v) is 6.68. The van der Waals surface area contributed by atoms with Crippen LogP contribution in [0, 0.1) is 0 Å². The van der Waals surface area contributed by atoms with Gasteiger partial charge in [-0.15, -0.1) is 23.1 Å². The van der Waals surface area contributed by atoms with Gasteiger partial charge in [0.1, 0.15) is 10.4 Å². The van der Waals surface area contributed by atoms with E-state index in [0.29, 0.717) is 17.1 Å². The molecule has 1 aliphatic heterocycles. The molecule has 21 heavy (non-hydrogen) atoms. The highest BCUT2D eigenvalue weighted by molar-refractivity contribution is 8.06. The van der Waals surface area contributed by atoms with Crippen molar-refractivity contribution in [2.45, 2.75) is 50.0 Å². The summed E-state index contributed by atoms with van der Waals surface area (Å²) in [5.74, 6) is 2.22. The summed E-state index contributed by atoms with van der Waals surface area (Å²) in [5.41, 5.74) is 0.172. The largest absolute Gasteiger partial charge is 0.465 e. The Morgan fingerprint density at radius 2 is 2.10 bits per heavy atom. The highest BCUT2D eigenvalue weighted by atomic mass is 32.2. The molecule has 0 N–H and O–H groups in total. The van der Waals surface area contributed by atoms with E-state index in [2.05, 4.69) is 18.7 Å². The van der Waals surface area contributed by atoms with Gasteiger partial charge in [0.05, 0.1) is 17.6 Å². The number of aromatic nitrogens is 1. The SMILES string of the molecule is CCOC(=O)C(C)(C)c1csc(C2SCCSC2CC)n1. The highest BCUT2D eigenvalue weighted by Crippen LogP contribution is 2.45. The van der Waals surface area contributed by atoms with Crippen LogP contribution < -0.4 is 0 Å². The molecule has 118 valence electrons. The van der Waals surface area contributed by atoms with Gasteiger partial charge in [0.15, 0.2) is 0 Å². The average molecular weight is 346 g/mol. The number of carbonyl (C=O) groups excluding carboxylic acids is 1. The summed E-state index contributed by atoms with van der Waals surface area (Å²) in [6.45, 7) is 8.27. The minimum atomic E-state index is -0.668. The molecule has 0 spiro atoms. The molecule has 0 bridgehead atoms. The molecule has 0 saturated carbocycles. The maximum Gasteiger partial charge on any atom is 0.317 e. The van der Waals surface area contributed by atoms with E-state index in [9.17, 15) is 4.79 Å². The molecule has 1 aromatic heterocycles. The van der Waals surface area contributed by atoms with Crippen LogP contribution in [0.25, 0.3) is 0 Å². The Bertz CT molecular complexity index is 487. The molecule has 2 unspecified atom stereocenters. The van der Waals surface area contributed by atoms with Gasteiger partial charge in [-0.2, -0.15) is 11.8 Å². The first kappa shape index (κ1) is 17.2. The molecule has 0 aromatic carbocycles. The number of thiazole rings is 1. The molecular formula is C15H23NO2S3. The molecule has 2 heterocycles. The van der Waals surface area contributed by atoms with Crippen molar-refractivity contribution in [2.75, 3.05) is 18.1 Å². The first-order valence-electron chi connectivity index (χ1n) is 7.37. The van der Waals surface area contributed by atoms with Crippen LogP contribution >= 0.6 is 34.9 Å². The summed E-state index contributed by atoms with van der Waals surface area (Å²) < 4.78 is 5.17. The van der Waals surface area contributed by atoms with E-state index in [4.69, 9.17) is 9.72 Å². The minimum absolute atomic E-state index is 0.195. The van der Waals surface area contributed by atoms with Crippen molar-refractivity contribution >= 4 is 40.8 Å². The number of rotatable bonds is 5. The molecule has 1 fully saturated rings. The Hall–Kier alpha value is -0.200. The number of nitrogens with zero attached hydrogens (tertiary/aromatic N) is 1. The van der Waals surface area contributed by atoms with Gasteiger partial charge in [0.2, 0.25) is 0 Å². The Morgan fingerprint density at radius 1 is 1.38 bits per heavy atom. The Kier molecular flexibility index (Phi) is 6.03. The fraction of sp³-hybridized carbons (Fsp3) is 0.733. The summed E-state index contributed by atoms with van der Waals surface area (Å²) in [6, 6.07) is 0. The van der Waals surface area contributed by atoms with Gasteiger partial charge in [-0.1, -0.05) is 6.92 Å². The second kappa shape index (κ2) is 7.38. The van der Waals surface area contributed by atoms with Gasteiger partial charge in [0, 0.05) is 22.1 Å². The molecule has 2 rings (SSSR count). The van der Waals surface area contributed by atoms with Crippen LogP contribution in [0.4, 0.5) is 0 Å². The monoisotopic (exact) mass is 345 g/mol. The third-order valence-corrected chi connectivity index (χ3v) is 7.98. The van der Waals surface area contributed by atoms with E-state index in [-0.39, 0.29) is 5.97 Å². The molecule has 0 radical (unpaired) electrons. The van der Waals surface area contributed by atoms with Crippen LogP contribution in [0.15, 0.2) is 5.38 Å². The van der Waals surface area contributed by atoms with E-state index < -0.39 is 5.41 Å². The zero-order valence-corrected chi connectivity index (χ0v) is 15.5. The summed E-state index contributed by atoms with van der Waals surface area (Å²) >= 11 is 5.74. The minimum Gasteiger partial charge on any atom is -0.465 e. The van der Waals surface area contributed by atoms with Gasteiger partial charge in [-0.3, -0.25) is 4.79 Å². The Labute approximate surface area is 139 Å². The quantitative estimate of drug-likeness (QED) is 0.745. The second-order valence-corrected chi connectivity index (χ2v) is 9.01. The van der Waals surface area contributed by atoms with Crippen molar-refractivity contribution in [3.8, 4) is 0 Å². The van der Waals surface area contributed by atoms with E-state index in [0.717, 1.165) is 10.7 Å². The van der Waals surface area contributed by atoms with E-state index in [1.54, 1.807) is 11.3 Å². The number of esters is 1. The fourth-order valence-electron chi connectivity index (χ4n) is 2.25. The summed E-state index contributed by atoms with van der Waals surface area (Å²) in [5, 5.41) is 4.28. The molecule has 1 aliphatic rings. The van der Waals surface area contributed by atoms with Gasteiger partial charge in [0.25, 0.3) is 0 Å². The predicted octanol–water partition coefficient (Wildman–Crippen LogP) is 4.28. The van der Waals surface area contributed by atoms with Crippen LogP contribution in [0.3, 0.4) is 0 Å². The van der Waals surface area contributed by atoms with Crippen molar-refractivity contribution < 1.29 is 9.53 Å². The number of hydrogen-bond acceptors (Lipinski definition) is 6. The lowest BCUT2D eigenvalue weighted by molar-refractivity contribution is -0.148.